The molecule has 1 saturated carbocycles. The molecule has 0 atom stereocenters. The molecule has 1 heterocycles. The van der Waals surface area contributed by atoms with Gasteiger partial charge >= 0.3 is 0 Å². The number of carbonyl (C=O) groups excluding carboxylic acids is 2. The van der Waals surface area contributed by atoms with Crippen molar-refractivity contribution >= 4 is 17.8 Å². The van der Waals surface area contributed by atoms with Crippen LogP contribution < -0.4 is 10.6 Å². The summed E-state index contributed by atoms with van der Waals surface area (Å²) in [5.74, 6) is 1.10. The van der Waals surface area contributed by atoms with Crippen molar-refractivity contribution in [2.24, 2.45) is 10.4 Å². The Hall–Kier alpha value is -2.57. The number of hydrogen-bond acceptors (Lipinski definition) is 3. The van der Waals surface area contributed by atoms with E-state index in [1.807, 2.05) is 38.1 Å². The van der Waals surface area contributed by atoms with Gasteiger partial charge in [0.15, 0.2) is 5.96 Å². The van der Waals surface area contributed by atoms with E-state index in [-0.39, 0.29) is 17.2 Å². The number of hydrogen-bond donors (Lipinski definition) is 2. The highest BCUT2D eigenvalue weighted by Crippen LogP contribution is 2.39. The van der Waals surface area contributed by atoms with E-state index >= 15 is 0 Å². The van der Waals surface area contributed by atoms with Gasteiger partial charge in [0.05, 0.1) is 12.0 Å². The zero-order chi connectivity index (χ0) is 22.3. The van der Waals surface area contributed by atoms with Crippen LogP contribution in [0.5, 0.6) is 0 Å². The summed E-state index contributed by atoms with van der Waals surface area (Å²) in [6, 6.07) is 8.25. The normalized spacial score (nSPS) is 17.4. The number of rotatable bonds is 8. The van der Waals surface area contributed by atoms with E-state index in [2.05, 4.69) is 22.8 Å². The van der Waals surface area contributed by atoms with Gasteiger partial charge in [-0.3, -0.25) is 14.6 Å². The van der Waals surface area contributed by atoms with Crippen LogP contribution in [0.4, 0.5) is 0 Å². The summed E-state index contributed by atoms with van der Waals surface area (Å²) in [6.07, 6.45) is 5.24. The average molecular weight is 428 g/mol. The number of guanidine groups is 1. The second-order valence-corrected chi connectivity index (χ2v) is 8.93. The highest BCUT2D eigenvalue weighted by Gasteiger charge is 2.42. The van der Waals surface area contributed by atoms with Crippen LogP contribution >= 0.6 is 0 Å². The maximum absolute atomic E-state index is 12.8. The molecule has 2 aliphatic rings. The molecule has 0 radical (unpaired) electrons. The highest BCUT2D eigenvalue weighted by molar-refractivity contribution is 5.84. The maximum Gasteiger partial charge on any atom is 0.230 e. The molecule has 0 saturated heterocycles. The van der Waals surface area contributed by atoms with E-state index in [9.17, 15) is 9.59 Å². The molecule has 0 unspecified atom stereocenters. The minimum Gasteiger partial charge on any atom is -0.357 e. The summed E-state index contributed by atoms with van der Waals surface area (Å²) in [5.41, 5.74) is 2.14. The van der Waals surface area contributed by atoms with Gasteiger partial charge in [0.1, 0.15) is 0 Å². The molecule has 1 fully saturated rings. The first kappa shape index (κ1) is 23.1. The van der Waals surface area contributed by atoms with Gasteiger partial charge < -0.3 is 20.4 Å². The number of amides is 2. The minimum atomic E-state index is -0.368. The Morgan fingerprint density at radius 1 is 1.10 bits per heavy atom. The highest BCUT2D eigenvalue weighted by atomic mass is 16.2. The van der Waals surface area contributed by atoms with E-state index in [1.54, 1.807) is 4.90 Å². The molecule has 31 heavy (non-hydrogen) atoms. The van der Waals surface area contributed by atoms with Gasteiger partial charge in [-0.15, -0.1) is 0 Å². The Balaban J connectivity index is 1.47. The van der Waals surface area contributed by atoms with Crippen molar-refractivity contribution in [1.29, 1.82) is 0 Å². The van der Waals surface area contributed by atoms with Crippen molar-refractivity contribution in [1.82, 2.24) is 20.4 Å². The number of nitrogens with one attached hydrogen (secondary N) is 2. The average Bonchev–Trinajstić information content (AvgIpc) is 3.42. The van der Waals surface area contributed by atoms with Crippen LogP contribution in [-0.4, -0.2) is 61.3 Å². The summed E-state index contributed by atoms with van der Waals surface area (Å²) >= 11 is 0. The third-order valence-corrected chi connectivity index (χ3v) is 6.36. The molecule has 0 bridgehead atoms. The summed E-state index contributed by atoms with van der Waals surface area (Å²) in [7, 11) is 3.65. The van der Waals surface area contributed by atoms with E-state index in [4.69, 9.17) is 4.99 Å². The Morgan fingerprint density at radius 2 is 1.74 bits per heavy atom. The quantitative estimate of drug-likeness (QED) is 0.380. The fraction of sp³-hybridized carbons (Fsp3) is 0.625. The predicted octanol–water partition coefficient (Wildman–Crippen LogP) is 2.51. The van der Waals surface area contributed by atoms with Crippen LogP contribution in [0, 0.1) is 5.41 Å². The molecule has 1 aliphatic carbocycles. The van der Waals surface area contributed by atoms with Crippen LogP contribution in [0.2, 0.25) is 0 Å². The molecule has 2 N–H and O–H groups in total. The zero-order valence-electron chi connectivity index (χ0n) is 19.2. The monoisotopic (exact) mass is 427 g/mol. The van der Waals surface area contributed by atoms with Crippen molar-refractivity contribution < 1.29 is 9.59 Å². The Kier molecular flexibility index (Phi) is 7.93. The molecule has 170 valence electrons. The first-order chi connectivity index (χ1) is 14.9. The van der Waals surface area contributed by atoms with Crippen LogP contribution in [0.1, 0.15) is 56.6 Å². The lowest BCUT2D eigenvalue weighted by molar-refractivity contribution is -0.138. The zero-order valence-corrected chi connectivity index (χ0v) is 19.2. The van der Waals surface area contributed by atoms with Gasteiger partial charge in [-0.1, -0.05) is 37.1 Å². The van der Waals surface area contributed by atoms with Crippen LogP contribution in [0.15, 0.2) is 29.3 Å². The van der Waals surface area contributed by atoms with E-state index in [0.717, 1.165) is 44.6 Å². The fourth-order valence-corrected chi connectivity index (χ4v) is 4.65. The van der Waals surface area contributed by atoms with Gasteiger partial charge in [0, 0.05) is 46.7 Å². The third-order valence-electron chi connectivity index (χ3n) is 6.36. The van der Waals surface area contributed by atoms with Crippen molar-refractivity contribution in [2.75, 3.05) is 33.7 Å². The number of nitrogens with zero attached hydrogens (tertiary/aromatic N) is 3. The van der Waals surface area contributed by atoms with Crippen LogP contribution in [0.3, 0.4) is 0 Å². The molecule has 1 aliphatic heterocycles. The van der Waals surface area contributed by atoms with E-state index < -0.39 is 0 Å². The number of aliphatic imine (C=N–C) groups is 1. The second-order valence-electron chi connectivity index (χ2n) is 8.93. The lowest BCUT2D eigenvalue weighted by Crippen LogP contribution is -2.43. The molecule has 7 heteroatoms. The SMILES string of the molecule is CCNC(=NCC1(C(=O)N(C)C)CCCC1)NCCCC(=O)N1Cc2ccccc2C1. The van der Waals surface area contributed by atoms with Crippen molar-refractivity contribution in [2.45, 2.75) is 58.5 Å². The van der Waals surface area contributed by atoms with Crippen molar-refractivity contribution in [3.63, 3.8) is 0 Å². The van der Waals surface area contributed by atoms with Crippen LogP contribution in [0.25, 0.3) is 0 Å². The molecular formula is C24H37N5O2. The second kappa shape index (κ2) is 10.6. The minimum absolute atomic E-state index is 0.182. The molecule has 1 aromatic rings. The van der Waals surface area contributed by atoms with Crippen molar-refractivity contribution in [3.8, 4) is 0 Å². The van der Waals surface area contributed by atoms with Gasteiger partial charge in [-0.2, -0.15) is 0 Å². The first-order valence-corrected chi connectivity index (χ1v) is 11.5. The predicted molar refractivity (Wildman–Crippen MR) is 124 cm³/mol. The van der Waals surface area contributed by atoms with E-state index in [1.165, 1.54) is 11.1 Å². The van der Waals surface area contributed by atoms with E-state index in [0.29, 0.717) is 32.6 Å². The lowest BCUT2D eigenvalue weighted by atomic mass is 9.85. The molecule has 7 nitrogen and oxygen atoms in total. The molecule has 3 rings (SSSR count). The third kappa shape index (κ3) is 5.77. The lowest BCUT2D eigenvalue weighted by Gasteiger charge is -2.29. The topological polar surface area (TPSA) is 77.0 Å². The molecule has 0 spiro atoms. The number of carbonyl (C=O) groups is 2. The number of benzene rings is 1. The Labute approximate surface area is 186 Å². The molecular weight excluding hydrogens is 390 g/mol. The first-order valence-electron chi connectivity index (χ1n) is 11.5. The maximum atomic E-state index is 12.8. The fourth-order valence-electron chi connectivity index (χ4n) is 4.65. The molecule has 1 aromatic carbocycles. The Morgan fingerprint density at radius 3 is 2.32 bits per heavy atom. The summed E-state index contributed by atoms with van der Waals surface area (Å²) in [6.45, 7) is 5.40. The smallest absolute Gasteiger partial charge is 0.230 e. The largest absolute Gasteiger partial charge is 0.357 e. The van der Waals surface area contributed by atoms with Gasteiger partial charge in [-0.05, 0) is 37.3 Å². The standard InChI is InChI=1S/C24H37N5O2/c1-4-25-23(27-18-24(13-7-8-14-24)22(31)28(2)3)26-15-9-12-21(30)29-16-19-10-5-6-11-20(19)17-29/h5-6,10-11H,4,7-9,12-18H2,1-3H3,(H2,25,26,27). The molecule has 2 amide bonds. The summed E-state index contributed by atoms with van der Waals surface area (Å²) < 4.78 is 0. The number of fused-ring (bicyclic) bond motifs is 1. The summed E-state index contributed by atoms with van der Waals surface area (Å²) in [5, 5.41) is 6.60. The summed E-state index contributed by atoms with van der Waals surface area (Å²) in [4.78, 5) is 33.7. The van der Waals surface area contributed by atoms with Crippen LogP contribution in [-0.2, 0) is 22.7 Å². The van der Waals surface area contributed by atoms with Gasteiger partial charge in [0.2, 0.25) is 11.8 Å². The molecule has 0 aromatic heterocycles. The Bertz CT molecular complexity index is 774. The van der Waals surface area contributed by atoms with Crippen molar-refractivity contribution in [3.05, 3.63) is 35.4 Å². The van der Waals surface area contributed by atoms with Gasteiger partial charge in [0.25, 0.3) is 0 Å². The van der Waals surface area contributed by atoms with Gasteiger partial charge in [-0.25, -0.2) is 0 Å².